The van der Waals surface area contributed by atoms with Gasteiger partial charge in [-0.3, -0.25) is 9.69 Å². The summed E-state index contributed by atoms with van der Waals surface area (Å²) in [6.07, 6.45) is 3.45. The molecule has 1 aliphatic rings. The fraction of sp³-hybridized carbons (Fsp3) is 0.333. The van der Waals surface area contributed by atoms with Gasteiger partial charge in [-0.15, -0.1) is 11.3 Å². The first-order valence-electron chi connectivity index (χ1n) is 8.07. The molecule has 0 radical (unpaired) electrons. The zero-order valence-corrected chi connectivity index (χ0v) is 14.1. The SMILES string of the molecule is O=C(CN1CCCCC1)Nc1scc(-c2ccccc2)c1C(=O)O. The maximum absolute atomic E-state index is 12.3. The van der Waals surface area contributed by atoms with Crippen molar-refractivity contribution < 1.29 is 14.7 Å². The number of nitrogens with one attached hydrogen (secondary N) is 1. The molecule has 1 aromatic heterocycles. The minimum absolute atomic E-state index is 0.152. The Balaban J connectivity index is 1.77. The van der Waals surface area contributed by atoms with E-state index in [0.29, 0.717) is 17.1 Å². The number of hydrogen-bond donors (Lipinski definition) is 2. The average Bonchev–Trinajstić information content (AvgIpc) is 3.00. The number of likely N-dealkylation sites (tertiary alicyclic amines) is 1. The van der Waals surface area contributed by atoms with Crippen LogP contribution in [0.25, 0.3) is 11.1 Å². The average molecular weight is 344 g/mol. The van der Waals surface area contributed by atoms with Gasteiger partial charge in [-0.25, -0.2) is 4.79 Å². The predicted molar refractivity (Wildman–Crippen MR) is 95.6 cm³/mol. The van der Waals surface area contributed by atoms with Crippen molar-refractivity contribution in [2.75, 3.05) is 25.0 Å². The van der Waals surface area contributed by atoms with Gasteiger partial charge in [0.25, 0.3) is 0 Å². The number of carbonyl (C=O) groups excluding carboxylic acids is 1. The van der Waals surface area contributed by atoms with E-state index in [1.54, 1.807) is 5.38 Å². The monoisotopic (exact) mass is 344 g/mol. The highest BCUT2D eigenvalue weighted by atomic mass is 32.1. The number of hydrogen-bond acceptors (Lipinski definition) is 4. The van der Waals surface area contributed by atoms with Crippen molar-refractivity contribution in [3.63, 3.8) is 0 Å². The molecule has 1 fully saturated rings. The summed E-state index contributed by atoms with van der Waals surface area (Å²) >= 11 is 1.26. The van der Waals surface area contributed by atoms with Crippen LogP contribution in [0, 0.1) is 0 Å². The summed E-state index contributed by atoms with van der Waals surface area (Å²) in [6.45, 7) is 2.18. The lowest BCUT2D eigenvalue weighted by Crippen LogP contribution is -2.36. The van der Waals surface area contributed by atoms with Crippen molar-refractivity contribution in [1.29, 1.82) is 0 Å². The summed E-state index contributed by atoms with van der Waals surface area (Å²) in [4.78, 5) is 26.1. The molecule has 1 aliphatic heterocycles. The van der Waals surface area contributed by atoms with E-state index in [0.717, 1.165) is 31.5 Å². The molecule has 1 saturated heterocycles. The first-order chi connectivity index (χ1) is 11.6. The van der Waals surface area contributed by atoms with E-state index in [2.05, 4.69) is 10.2 Å². The minimum atomic E-state index is -1.02. The second kappa shape index (κ2) is 7.59. The molecule has 0 spiro atoms. The van der Waals surface area contributed by atoms with Crippen LogP contribution in [0.15, 0.2) is 35.7 Å². The number of amides is 1. The Morgan fingerprint density at radius 1 is 1.12 bits per heavy atom. The number of nitrogens with zero attached hydrogens (tertiary/aromatic N) is 1. The van der Waals surface area contributed by atoms with Gasteiger partial charge in [-0.2, -0.15) is 0 Å². The van der Waals surface area contributed by atoms with Gasteiger partial charge in [0.1, 0.15) is 10.6 Å². The molecule has 3 rings (SSSR count). The van der Waals surface area contributed by atoms with E-state index >= 15 is 0 Å². The van der Waals surface area contributed by atoms with Gasteiger partial charge in [0.2, 0.25) is 5.91 Å². The zero-order chi connectivity index (χ0) is 16.9. The molecule has 1 aromatic carbocycles. The molecular weight excluding hydrogens is 324 g/mol. The van der Waals surface area contributed by atoms with Crippen LogP contribution in [0.1, 0.15) is 29.6 Å². The third-order valence-corrected chi connectivity index (χ3v) is 5.05. The maximum atomic E-state index is 12.3. The lowest BCUT2D eigenvalue weighted by Gasteiger charge is -2.25. The standard InChI is InChI=1S/C18H20N2O3S/c21-15(11-20-9-5-2-6-10-20)19-17-16(18(22)23)14(12-24-17)13-7-3-1-4-8-13/h1,3-4,7-8,12H,2,5-6,9-11H2,(H,19,21)(H,22,23). The van der Waals surface area contributed by atoms with E-state index in [1.165, 1.54) is 17.8 Å². The smallest absolute Gasteiger partial charge is 0.339 e. The van der Waals surface area contributed by atoms with E-state index in [-0.39, 0.29) is 11.5 Å². The van der Waals surface area contributed by atoms with Gasteiger partial charge < -0.3 is 10.4 Å². The number of anilines is 1. The van der Waals surface area contributed by atoms with Crippen molar-refractivity contribution in [3.8, 4) is 11.1 Å². The van der Waals surface area contributed by atoms with Gasteiger partial charge in [0.15, 0.2) is 0 Å². The van der Waals surface area contributed by atoms with E-state index in [1.807, 2.05) is 30.3 Å². The Labute approximate surface area is 144 Å². The zero-order valence-electron chi connectivity index (χ0n) is 13.3. The Hall–Kier alpha value is -2.18. The Kier molecular flexibility index (Phi) is 5.27. The number of carboxylic acid groups (broad SMARTS) is 1. The number of carbonyl (C=O) groups is 2. The van der Waals surface area contributed by atoms with Crippen LogP contribution in [-0.2, 0) is 4.79 Å². The van der Waals surface area contributed by atoms with Gasteiger partial charge >= 0.3 is 5.97 Å². The van der Waals surface area contributed by atoms with Crippen LogP contribution < -0.4 is 5.32 Å². The Morgan fingerprint density at radius 3 is 2.50 bits per heavy atom. The predicted octanol–water partition coefficient (Wildman–Crippen LogP) is 3.54. The lowest BCUT2D eigenvalue weighted by atomic mass is 10.0. The van der Waals surface area contributed by atoms with Crippen molar-refractivity contribution in [2.24, 2.45) is 0 Å². The number of carboxylic acids is 1. The molecule has 0 aliphatic carbocycles. The molecule has 126 valence electrons. The van der Waals surface area contributed by atoms with E-state index in [9.17, 15) is 14.7 Å². The van der Waals surface area contributed by atoms with Gasteiger partial charge in [-0.05, 0) is 31.5 Å². The summed E-state index contributed by atoms with van der Waals surface area (Å²) in [5, 5.41) is 14.6. The molecule has 0 atom stereocenters. The number of aromatic carboxylic acids is 1. The first kappa shape index (κ1) is 16.7. The molecule has 6 heteroatoms. The van der Waals surface area contributed by atoms with Gasteiger partial charge in [0.05, 0.1) is 6.54 Å². The Morgan fingerprint density at radius 2 is 1.83 bits per heavy atom. The summed E-state index contributed by atoms with van der Waals surface area (Å²) in [5.41, 5.74) is 1.64. The third kappa shape index (κ3) is 3.83. The highest BCUT2D eigenvalue weighted by Gasteiger charge is 2.22. The third-order valence-electron chi connectivity index (χ3n) is 4.16. The first-order valence-corrected chi connectivity index (χ1v) is 8.95. The molecule has 2 N–H and O–H groups in total. The van der Waals surface area contributed by atoms with Crippen molar-refractivity contribution in [3.05, 3.63) is 41.3 Å². The maximum Gasteiger partial charge on any atom is 0.339 e. The quantitative estimate of drug-likeness (QED) is 0.870. The molecule has 0 unspecified atom stereocenters. The number of piperidine rings is 1. The van der Waals surface area contributed by atoms with Crippen molar-refractivity contribution in [2.45, 2.75) is 19.3 Å². The summed E-state index contributed by atoms with van der Waals surface area (Å²) in [5.74, 6) is -1.18. The molecular formula is C18H20N2O3S. The topological polar surface area (TPSA) is 69.6 Å². The lowest BCUT2D eigenvalue weighted by molar-refractivity contribution is -0.117. The van der Waals surface area contributed by atoms with Gasteiger partial charge in [0, 0.05) is 10.9 Å². The second-order valence-electron chi connectivity index (χ2n) is 5.91. The fourth-order valence-electron chi connectivity index (χ4n) is 2.98. The number of thiophene rings is 1. The molecule has 0 saturated carbocycles. The molecule has 1 amide bonds. The molecule has 2 aromatic rings. The normalized spacial score (nSPS) is 15.2. The molecule has 5 nitrogen and oxygen atoms in total. The Bertz CT molecular complexity index is 721. The second-order valence-corrected chi connectivity index (χ2v) is 6.79. The van der Waals surface area contributed by atoms with E-state index < -0.39 is 5.97 Å². The summed E-state index contributed by atoms with van der Waals surface area (Å²) < 4.78 is 0. The summed E-state index contributed by atoms with van der Waals surface area (Å²) in [7, 11) is 0. The van der Waals surface area contributed by atoms with E-state index in [4.69, 9.17) is 0 Å². The van der Waals surface area contributed by atoms with Crippen LogP contribution in [0.4, 0.5) is 5.00 Å². The number of rotatable bonds is 5. The molecule has 2 heterocycles. The highest BCUT2D eigenvalue weighted by molar-refractivity contribution is 7.15. The molecule has 0 bridgehead atoms. The van der Waals surface area contributed by atoms with Crippen LogP contribution in [0.5, 0.6) is 0 Å². The van der Waals surface area contributed by atoms with Crippen molar-refractivity contribution >= 4 is 28.2 Å². The van der Waals surface area contributed by atoms with Crippen LogP contribution >= 0.6 is 11.3 Å². The minimum Gasteiger partial charge on any atom is -0.478 e. The largest absolute Gasteiger partial charge is 0.478 e. The van der Waals surface area contributed by atoms with Gasteiger partial charge in [-0.1, -0.05) is 36.8 Å². The summed E-state index contributed by atoms with van der Waals surface area (Å²) in [6, 6.07) is 9.36. The fourth-order valence-corrected chi connectivity index (χ4v) is 3.96. The van der Waals surface area contributed by atoms with Crippen LogP contribution in [0.2, 0.25) is 0 Å². The van der Waals surface area contributed by atoms with Crippen molar-refractivity contribution in [1.82, 2.24) is 4.90 Å². The number of benzene rings is 1. The molecule has 24 heavy (non-hydrogen) atoms. The van der Waals surface area contributed by atoms with Crippen LogP contribution in [0.3, 0.4) is 0 Å². The highest BCUT2D eigenvalue weighted by Crippen LogP contribution is 2.35. The van der Waals surface area contributed by atoms with Crippen LogP contribution in [-0.4, -0.2) is 41.5 Å².